The van der Waals surface area contributed by atoms with Gasteiger partial charge in [0.15, 0.2) is 0 Å². The molecule has 0 unspecified atom stereocenters. The Labute approximate surface area is 131 Å². The van der Waals surface area contributed by atoms with E-state index >= 15 is 0 Å². The summed E-state index contributed by atoms with van der Waals surface area (Å²) in [6.45, 7) is 6.21. The van der Waals surface area contributed by atoms with Gasteiger partial charge in [0.25, 0.3) is 5.91 Å². The Bertz CT molecular complexity index is 493. The summed E-state index contributed by atoms with van der Waals surface area (Å²) < 4.78 is 0. The van der Waals surface area contributed by atoms with Crippen LogP contribution in [0.1, 0.15) is 24.3 Å². The number of anilines is 1. The van der Waals surface area contributed by atoms with Crippen molar-refractivity contribution in [1.82, 2.24) is 19.8 Å². The lowest BCUT2D eigenvalue weighted by atomic mass is 10.1. The summed E-state index contributed by atoms with van der Waals surface area (Å²) in [7, 11) is 3.77. The zero-order chi connectivity index (χ0) is 16.3. The van der Waals surface area contributed by atoms with E-state index in [0.717, 1.165) is 5.82 Å². The number of hydrogen-bond acceptors (Lipinski definition) is 6. The van der Waals surface area contributed by atoms with Crippen LogP contribution in [0.2, 0.25) is 0 Å². The average molecular weight is 307 g/mol. The minimum absolute atomic E-state index is 0.0832. The van der Waals surface area contributed by atoms with Crippen LogP contribution >= 0.6 is 0 Å². The molecule has 0 aliphatic carbocycles. The fourth-order valence-corrected chi connectivity index (χ4v) is 2.90. The van der Waals surface area contributed by atoms with E-state index in [1.807, 2.05) is 23.9 Å². The predicted octanol–water partition coefficient (Wildman–Crippen LogP) is 0.0697. The number of aromatic nitrogens is 2. The van der Waals surface area contributed by atoms with Crippen molar-refractivity contribution in [3.63, 3.8) is 0 Å². The second-order valence-electron chi connectivity index (χ2n) is 6.02. The van der Waals surface area contributed by atoms with Crippen LogP contribution in [0.4, 0.5) is 5.82 Å². The average Bonchev–Trinajstić information content (AvgIpc) is 2.50. The molecule has 1 aliphatic rings. The van der Waals surface area contributed by atoms with E-state index in [1.165, 1.54) is 6.20 Å². The molecule has 0 radical (unpaired) electrons. The summed E-state index contributed by atoms with van der Waals surface area (Å²) in [5.41, 5.74) is 0.376. The third-order valence-corrected chi connectivity index (χ3v) is 4.06. The van der Waals surface area contributed by atoms with Gasteiger partial charge < -0.3 is 14.9 Å². The summed E-state index contributed by atoms with van der Waals surface area (Å²) in [5.74, 6) is 0.645. The number of piperazine rings is 1. The van der Waals surface area contributed by atoms with Gasteiger partial charge in [-0.3, -0.25) is 9.69 Å². The van der Waals surface area contributed by atoms with Crippen molar-refractivity contribution in [2.45, 2.75) is 25.9 Å². The normalized spacial score (nSPS) is 22.7. The molecule has 122 valence electrons. The minimum atomic E-state index is -0.0832. The van der Waals surface area contributed by atoms with E-state index in [1.54, 1.807) is 6.20 Å². The van der Waals surface area contributed by atoms with Gasteiger partial charge in [0.1, 0.15) is 11.5 Å². The number of hydrogen-bond donors (Lipinski definition) is 1. The fraction of sp³-hybridized carbons (Fsp3) is 0.667. The molecule has 2 heterocycles. The first kappa shape index (κ1) is 16.6. The van der Waals surface area contributed by atoms with Gasteiger partial charge in [-0.15, -0.1) is 0 Å². The molecular weight excluding hydrogens is 282 g/mol. The summed E-state index contributed by atoms with van der Waals surface area (Å²) >= 11 is 0. The Hall–Kier alpha value is -1.73. The number of carbonyl (C=O) groups excluding carboxylic acids is 1. The van der Waals surface area contributed by atoms with E-state index < -0.39 is 0 Å². The van der Waals surface area contributed by atoms with Crippen molar-refractivity contribution in [3.8, 4) is 0 Å². The maximum Gasteiger partial charge on any atom is 0.274 e. The monoisotopic (exact) mass is 307 g/mol. The van der Waals surface area contributed by atoms with Crippen LogP contribution in [0, 0.1) is 0 Å². The first-order chi connectivity index (χ1) is 10.4. The van der Waals surface area contributed by atoms with Crippen LogP contribution in [-0.4, -0.2) is 83.2 Å². The van der Waals surface area contributed by atoms with Gasteiger partial charge in [-0.05, 0) is 13.8 Å². The molecule has 0 bridgehead atoms. The van der Waals surface area contributed by atoms with Gasteiger partial charge >= 0.3 is 0 Å². The van der Waals surface area contributed by atoms with Gasteiger partial charge in [0.2, 0.25) is 0 Å². The molecule has 7 heteroatoms. The molecular formula is C15H25N5O2. The molecule has 2 rings (SSSR count). The van der Waals surface area contributed by atoms with Crippen molar-refractivity contribution in [1.29, 1.82) is 0 Å². The lowest BCUT2D eigenvalue weighted by Gasteiger charge is -2.44. The Morgan fingerprint density at radius 2 is 1.91 bits per heavy atom. The second-order valence-corrected chi connectivity index (χ2v) is 6.02. The molecule has 1 aromatic rings. The smallest absolute Gasteiger partial charge is 0.274 e. The van der Waals surface area contributed by atoms with Crippen LogP contribution in [0.3, 0.4) is 0 Å². The van der Waals surface area contributed by atoms with E-state index in [2.05, 4.69) is 28.7 Å². The van der Waals surface area contributed by atoms with E-state index in [9.17, 15) is 4.79 Å². The molecule has 22 heavy (non-hydrogen) atoms. The second kappa shape index (κ2) is 7.02. The Morgan fingerprint density at radius 3 is 2.36 bits per heavy atom. The van der Waals surface area contributed by atoms with Crippen molar-refractivity contribution in [2.75, 3.05) is 45.2 Å². The highest BCUT2D eigenvalue weighted by molar-refractivity contribution is 5.92. The van der Waals surface area contributed by atoms with Crippen LogP contribution in [0.5, 0.6) is 0 Å². The van der Waals surface area contributed by atoms with E-state index in [0.29, 0.717) is 25.3 Å². The number of β-amino-alcohol motifs (C(OH)–C–C–N with tert-alkyl or cyclic N) is 1. The van der Waals surface area contributed by atoms with Crippen molar-refractivity contribution in [2.24, 2.45) is 0 Å². The lowest BCUT2D eigenvalue weighted by molar-refractivity contribution is 0.0233. The highest BCUT2D eigenvalue weighted by Crippen LogP contribution is 2.17. The number of aliphatic hydroxyl groups excluding tert-OH is 1. The maximum atomic E-state index is 12.6. The summed E-state index contributed by atoms with van der Waals surface area (Å²) in [5, 5.41) is 9.13. The number of aliphatic hydroxyl groups is 1. The maximum absolute atomic E-state index is 12.6. The highest BCUT2D eigenvalue weighted by atomic mass is 16.3. The molecule has 0 saturated carbocycles. The van der Waals surface area contributed by atoms with Crippen LogP contribution in [-0.2, 0) is 0 Å². The van der Waals surface area contributed by atoms with Crippen molar-refractivity contribution < 1.29 is 9.90 Å². The Morgan fingerprint density at radius 1 is 1.27 bits per heavy atom. The molecule has 0 aromatic carbocycles. The molecule has 1 aromatic heterocycles. The third-order valence-electron chi connectivity index (χ3n) is 4.06. The van der Waals surface area contributed by atoms with E-state index in [4.69, 9.17) is 5.11 Å². The Balaban J connectivity index is 2.07. The van der Waals surface area contributed by atoms with Crippen LogP contribution in [0.15, 0.2) is 12.4 Å². The lowest BCUT2D eigenvalue weighted by Crippen LogP contribution is -2.58. The molecule has 1 N–H and O–H groups in total. The van der Waals surface area contributed by atoms with Gasteiger partial charge in [-0.2, -0.15) is 0 Å². The quantitative estimate of drug-likeness (QED) is 0.849. The summed E-state index contributed by atoms with van der Waals surface area (Å²) in [6, 6.07) is 0.433. The van der Waals surface area contributed by atoms with Gasteiger partial charge in [0.05, 0.1) is 19.0 Å². The third kappa shape index (κ3) is 3.53. The van der Waals surface area contributed by atoms with Gasteiger partial charge in [-0.1, -0.05) is 0 Å². The van der Waals surface area contributed by atoms with Gasteiger partial charge in [-0.25, -0.2) is 9.97 Å². The Kier molecular flexibility index (Phi) is 5.31. The van der Waals surface area contributed by atoms with Crippen LogP contribution < -0.4 is 4.90 Å². The minimum Gasteiger partial charge on any atom is -0.395 e. The number of rotatable bonds is 4. The zero-order valence-electron chi connectivity index (χ0n) is 13.7. The largest absolute Gasteiger partial charge is 0.395 e. The number of nitrogens with zero attached hydrogens (tertiary/aromatic N) is 5. The molecule has 1 saturated heterocycles. The standard InChI is InChI=1S/C15H25N5O2/c1-11-9-19(10-12(2)20(11)5-6-21)15(22)13-7-17-14(8-16-13)18(3)4/h7-8,11-12,21H,5-6,9-10H2,1-4H3/t11-,12+. The molecule has 7 nitrogen and oxygen atoms in total. The summed E-state index contributed by atoms with van der Waals surface area (Å²) in [4.78, 5) is 27.0. The first-order valence-corrected chi connectivity index (χ1v) is 7.59. The molecule has 1 amide bonds. The highest BCUT2D eigenvalue weighted by Gasteiger charge is 2.32. The molecule has 0 spiro atoms. The van der Waals surface area contributed by atoms with E-state index in [-0.39, 0.29) is 24.6 Å². The van der Waals surface area contributed by atoms with Crippen molar-refractivity contribution >= 4 is 11.7 Å². The number of amides is 1. The molecule has 2 atom stereocenters. The van der Waals surface area contributed by atoms with Crippen LogP contribution in [0.25, 0.3) is 0 Å². The summed E-state index contributed by atoms with van der Waals surface area (Å²) in [6.07, 6.45) is 3.15. The first-order valence-electron chi connectivity index (χ1n) is 7.59. The molecule has 1 aliphatic heterocycles. The number of carbonyl (C=O) groups is 1. The topological polar surface area (TPSA) is 72.8 Å². The van der Waals surface area contributed by atoms with Gasteiger partial charge in [0, 0.05) is 45.8 Å². The molecule has 1 fully saturated rings. The fourth-order valence-electron chi connectivity index (χ4n) is 2.90. The predicted molar refractivity (Wildman–Crippen MR) is 85.0 cm³/mol. The zero-order valence-corrected chi connectivity index (χ0v) is 13.7. The SMILES string of the molecule is C[C@@H]1CN(C(=O)c2cnc(N(C)C)cn2)C[C@H](C)N1CCO. The van der Waals surface area contributed by atoms with Crippen molar-refractivity contribution in [3.05, 3.63) is 18.1 Å².